The Labute approximate surface area is 112 Å². The van der Waals surface area contributed by atoms with Crippen LogP contribution < -0.4 is 0 Å². The molecule has 0 fully saturated rings. The number of carbonyl (C=O) groups excluding carboxylic acids is 1. The molecule has 4 nitrogen and oxygen atoms in total. The molecule has 1 aromatic carbocycles. The molecule has 0 saturated heterocycles. The van der Waals surface area contributed by atoms with E-state index in [4.69, 9.17) is 4.74 Å². The Balaban J connectivity index is 1.97. The average molecular weight is 256 g/mol. The van der Waals surface area contributed by atoms with Crippen LogP contribution in [0.5, 0.6) is 0 Å². The van der Waals surface area contributed by atoms with Gasteiger partial charge in [-0.05, 0) is 18.1 Å². The third kappa shape index (κ3) is 4.17. The highest BCUT2D eigenvalue weighted by atomic mass is 16.5. The van der Waals surface area contributed by atoms with Crippen LogP contribution in [0.25, 0.3) is 0 Å². The molecule has 0 amide bonds. The predicted octanol–water partition coefficient (Wildman–Crippen LogP) is 2.17. The zero-order valence-electron chi connectivity index (χ0n) is 10.9. The highest BCUT2D eigenvalue weighted by molar-refractivity contribution is 5.72. The van der Waals surface area contributed by atoms with Gasteiger partial charge in [0.25, 0.3) is 0 Å². The summed E-state index contributed by atoms with van der Waals surface area (Å²) >= 11 is 0. The van der Waals surface area contributed by atoms with Crippen molar-refractivity contribution in [3.05, 3.63) is 59.7 Å². The lowest BCUT2D eigenvalue weighted by atomic mass is 10.1. The third-order valence-electron chi connectivity index (χ3n) is 2.62. The molecule has 0 aliphatic carbocycles. The van der Waals surface area contributed by atoms with Crippen molar-refractivity contribution in [2.24, 2.45) is 0 Å². The summed E-state index contributed by atoms with van der Waals surface area (Å²) in [5, 5.41) is 0. The Kier molecular flexibility index (Phi) is 4.61. The summed E-state index contributed by atoms with van der Waals surface area (Å²) in [6.45, 7) is 2.18. The smallest absolute Gasteiger partial charge is 0.310 e. The zero-order chi connectivity index (χ0) is 13.5. The molecule has 0 aliphatic heterocycles. The number of hydrogen-bond donors (Lipinski definition) is 0. The molecule has 1 aromatic heterocycles. The first-order valence-corrected chi connectivity index (χ1v) is 6.27. The van der Waals surface area contributed by atoms with Crippen LogP contribution in [0.1, 0.15) is 23.9 Å². The molecule has 4 heteroatoms. The molecule has 19 heavy (non-hydrogen) atoms. The van der Waals surface area contributed by atoms with Crippen molar-refractivity contribution in [2.45, 2.75) is 19.8 Å². The van der Waals surface area contributed by atoms with Crippen LogP contribution in [0.3, 0.4) is 0 Å². The van der Waals surface area contributed by atoms with E-state index in [9.17, 15) is 4.79 Å². The number of carbonyl (C=O) groups is 1. The standard InChI is InChI=1S/C15H16N2O2/c1-2-19-15(18)9-13-10-16-14(17-11-13)8-12-6-4-3-5-7-12/h3-7,10-11H,2,8-9H2,1H3. The number of benzene rings is 1. The highest BCUT2D eigenvalue weighted by Crippen LogP contribution is 2.06. The van der Waals surface area contributed by atoms with E-state index in [1.54, 1.807) is 19.3 Å². The second-order valence-electron chi connectivity index (χ2n) is 4.15. The summed E-state index contributed by atoms with van der Waals surface area (Å²) in [5.41, 5.74) is 1.94. The predicted molar refractivity (Wildman–Crippen MR) is 71.6 cm³/mol. The maximum Gasteiger partial charge on any atom is 0.310 e. The SMILES string of the molecule is CCOC(=O)Cc1cnc(Cc2ccccc2)nc1. The number of aromatic nitrogens is 2. The number of esters is 1. The molecule has 98 valence electrons. The Morgan fingerprint density at radius 3 is 2.42 bits per heavy atom. The van der Waals surface area contributed by atoms with Gasteiger partial charge in [0.15, 0.2) is 0 Å². The Morgan fingerprint density at radius 1 is 1.11 bits per heavy atom. The van der Waals surface area contributed by atoms with E-state index in [1.807, 2.05) is 30.3 Å². The van der Waals surface area contributed by atoms with Crippen molar-refractivity contribution in [3.63, 3.8) is 0 Å². The van der Waals surface area contributed by atoms with Gasteiger partial charge in [0.05, 0.1) is 13.0 Å². The van der Waals surface area contributed by atoms with Crippen molar-refractivity contribution in [1.29, 1.82) is 0 Å². The normalized spacial score (nSPS) is 10.2. The maximum atomic E-state index is 11.3. The molecular weight excluding hydrogens is 240 g/mol. The number of nitrogens with zero attached hydrogens (tertiary/aromatic N) is 2. The van der Waals surface area contributed by atoms with Gasteiger partial charge in [0.2, 0.25) is 0 Å². The Bertz CT molecular complexity index is 524. The number of rotatable bonds is 5. The van der Waals surface area contributed by atoms with Crippen molar-refractivity contribution in [3.8, 4) is 0 Å². The molecule has 0 radical (unpaired) electrons. The van der Waals surface area contributed by atoms with E-state index < -0.39 is 0 Å². The van der Waals surface area contributed by atoms with Crippen molar-refractivity contribution in [2.75, 3.05) is 6.61 Å². The fourth-order valence-corrected chi connectivity index (χ4v) is 1.72. The van der Waals surface area contributed by atoms with Gasteiger partial charge in [0, 0.05) is 18.8 Å². The fourth-order valence-electron chi connectivity index (χ4n) is 1.72. The van der Waals surface area contributed by atoms with Gasteiger partial charge in [0.1, 0.15) is 5.82 Å². The molecule has 1 heterocycles. The summed E-state index contributed by atoms with van der Waals surface area (Å²) < 4.78 is 4.88. The molecule has 0 bridgehead atoms. The maximum absolute atomic E-state index is 11.3. The van der Waals surface area contributed by atoms with Crippen LogP contribution in [-0.2, 0) is 22.4 Å². The molecule has 0 N–H and O–H groups in total. The molecule has 0 unspecified atom stereocenters. The van der Waals surface area contributed by atoms with Gasteiger partial charge in [-0.1, -0.05) is 30.3 Å². The topological polar surface area (TPSA) is 52.1 Å². The van der Waals surface area contributed by atoms with E-state index in [1.165, 1.54) is 5.56 Å². The van der Waals surface area contributed by atoms with Crippen LogP contribution in [0.15, 0.2) is 42.7 Å². The summed E-state index contributed by atoms with van der Waals surface area (Å²) in [5.74, 6) is 0.501. The van der Waals surface area contributed by atoms with Crippen LogP contribution in [0, 0.1) is 0 Å². The van der Waals surface area contributed by atoms with Gasteiger partial charge in [-0.15, -0.1) is 0 Å². The number of hydrogen-bond acceptors (Lipinski definition) is 4. The van der Waals surface area contributed by atoms with Crippen molar-refractivity contribution in [1.82, 2.24) is 9.97 Å². The van der Waals surface area contributed by atoms with E-state index in [2.05, 4.69) is 9.97 Å². The van der Waals surface area contributed by atoms with Crippen LogP contribution in [-0.4, -0.2) is 22.5 Å². The summed E-state index contributed by atoms with van der Waals surface area (Å²) in [6.07, 6.45) is 4.28. The molecule has 0 atom stereocenters. The average Bonchev–Trinajstić information content (AvgIpc) is 2.42. The van der Waals surface area contributed by atoms with Crippen molar-refractivity contribution >= 4 is 5.97 Å². The molecule has 0 aliphatic rings. The quantitative estimate of drug-likeness (QED) is 0.769. The van der Waals surface area contributed by atoms with Gasteiger partial charge in [-0.3, -0.25) is 4.79 Å². The Morgan fingerprint density at radius 2 is 1.79 bits per heavy atom. The van der Waals surface area contributed by atoms with E-state index in [0.717, 1.165) is 11.4 Å². The number of ether oxygens (including phenoxy) is 1. The van der Waals surface area contributed by atoms with Gasteiger partial charge < -0.3 is 4.74 Å². The molecule has 2 aromatic rings. The summed E-state index contributed by atoms with van der Waals surface area (Å²) in [4.78, 5) is 19.8. The third-order valence-corrected chi connectivity index (χ3v) is 2.62. The van der Waals surface area contributed by atoms with Gasteiger partial charge in [-0.25, -0.2) is 9.97 Å². The lowest BCUT2D eigenvalue weighted by molar-refractivity contribution is -0.142. The monoisotopic (exact) mass is 256 g/mol. The van der Waals surface area contributed by atoms with Crippen LogP contribution in [0.2, 0.25) is 0 Å². The summed E-state index contributed by atoms with van der Waals surface area (Å²) in [6, 6.07) is 10.0. The minimum atomic E-state index is -0.248. The van der Waals surface area contributed by atoms with E-state index >= 15 is 0 Å². The minimum absolute atomic E-state index is 0.222. The second-order valence-corrected chi connectivity index (χ2v) is 4.15. The largest absolute Gasteiger partial charge is 0.466 e. The first kappa shape index (κ1) is 13.2. The molecular formula is C15H16N2O2. The highest BCUT2D eigenvalue weighted by Gasteiger charge is 2.05. The lowest BCUT2D eigenvalue weighted by Crippen LogP contribution is -2.08. The zero-order valence-corrected chi connectivity index (χ0v) is 10.9. The fraction of sp³-hybridized carbons (Fsp3) is 0.267. The van der Waals surface area contributed by atoms with Crippen LogP contribution >= 0.6 is 0 Å². The lowest BCUT2D eigenvalue weighted by Gasteiger charge is -2.03. The van der Waals surface area contributed by atoms with Crippen LogP contribution in [0.4, 0.5) is 0 Å². The second kappa shape index (κ2) is 6.64. The minimum Gasteiger partial charge on any atom is -0.466 e. The summed E-state index contributed by atoms with van der Waals surface area (Å²) in [7, 11) is 0. The first-order valence-electron chi connectivity index (χ1n) is 6.27. The van der Waals surface area contributed by atoms with E-state index in [-0.39, 0.29) is 12.4 Å². The van der Waals surface area contributed by atoms with Crippen molar-refractivity contribution < 1.29 is 9.53 Å². The van der Waals surface area contributed by atoms with Gasteiger partial charge >= 0.3 is 5.97 Å². The first-order chi connectivity index (χ1) is 9.28. The molecule has 2 rings (SSSR count). The molecule has 0 saturated carbocycles. The molecule has 0 spiro atoms. The Hall–Kier alpha value is -2.23. The van der Waals surface area contributed by atoms with Gasteiger partial charge in [-0.2, -0.15) is 0 Å². The van der Waals surface area contributed by atoms with E-state index in [0.29, 0.717) is 13.0 Å².